The molecule has 2 aliphatic rings. The zero-order valence-corrected chi connectivity index (χ0v) is 18.3. The third kappa shape index (κ3) is 4.65. The average molecular weight is 432 g/mol. The highest BCUT2D eigenvalue weighted by atomic mass is 16.2. The monoisotopic (exact) mass is 431 g/mol. The van der Waals surface area contributed by atoms with E-state index in [0.717, 1.165) is 57.9 Å². The van der Waals surface area contributed by atoms with Crippen LogP contribution < -0.4 is 4.90 Å². The topological polar surface area (TPSA) is 70.4 Å². The molecule has 0 bridgehead atoms. The molecular weight excluding hydrogens is 402 g/mol. The van der Waals surface area contributed by atoms with E-state index in [1.54, 1.807) is 10.9 Å². The molecule has 8 heteroatoms. The number of amides is 1. The van der Waals surface area contributed by atoms with Gasteiger partial charge in [0.15, 0.2) is 11.6 Å². The van der Waals surface area contributed by atoms with Crippen molar-refractivity contribution in [3.63, 3.8) is 0 Å². The SMILES string of the molecule is O=C(C1CCCN(c2ccc(-n3cccn3)nn2)C1)N1CCN(Cc2ccccc2)CC1. The largest absolute Gasteiger partial charge is 0.354 e. The highest BCUT2D eigenvalue weighted by Gasteiger charge is 2.31. The Balaban J connectivity index is 1.15. The molecule has 2 saturated heterocycles. The summed E-state index contributed by atoms with van der Waals surface area (Å²) in [5, 5.41) is 12.9. The van der Waals surface area contributed by atoms with Crippen LogP contribution in [0.3, 0.4) is 0 Å². The van der Waals surface area contributed by atoms with E-state index in [-0.39, 0.29) is 11.8 Å². The van der Waals surface area contributed by atoms with Gasteiger partial charge in [0, 0.05) is 58.2 Å². The van der Waals surface area contributed by atoms with E-state index in [1.807, 2.05) is 30.5 Å². The van der Waals surface area contributed by atoms with Crippen LogP contribution in [0.2, 0.25) is 0 Å². The summed E-state index contributed by atoms with van der Waals surface area (Å²) in [6, 6.07) is 16.3. The number of benzene rings is 1. The number of piperazine rings is 1. The van der Waals surface area contributed by atoms with E-state index >= 15 is 0 Å². The molecule has 1 amide bonds. The van der Waals surface area contributed by atoms with Crippen molar-refractivity contribution in [2.45, 2.75) is 19.4 Å². The average Bonchev–Trinajstić information content (AvgIpc) is 3.40. The smallest absolute Gasteiger partial charge is 0.227 e. The Kier molecular flexibility index (Phi) is 6.11. The van der Waals surface area contributed by atoms with Gasteiger partial charge in [-0.05, 0) is 36.6 Å². The van der Waals surface area contributed by atoms with Gasteiger partial charge in [-0.15, -0.1) is 10.2 Å². The molecule has 4 heterocycles. The van der Waals surface area contributed by atoms with Crippen molar-refractivity contribution in [1.29, 1.82) is 0 Å². The molecule has 0 radical (unpaired) electrons. The minimum atomic E-state index is 0.0250. The van der Waals surface area contributed by atoms with Crippen LogP contribution >= 0.6 is 0 Å². The van der Waals surface area contributed by atoms with Crippen LogP contribution in [0.15, 0.2) is 60.9 Å². The molecule has 0 aliphatic carbocycles. The van der Waals surface area contributed by atoms with Gasteiger partial charge in [-0.3, -0.25) is 9.69 Å². The summed E-state index contributed by atoms with van der Waals surface area (Å²) in [7, 11) is 0. The summed E-state index contributed by atoms with van der Waals surface area (Å²) in [5.41, 5.74) is 1.33. The first-order chi connectivity index (χ1) is 15.8. The maximum absolute atomic E-state index is 13.2. The third-order valence-electron chi connectivity index (χ3n) is 6.40. The van der Waals surface area contributed by atoms with Gasteiger partial charge in [-0.2, -0.15) is 5.10 Å². The molecule has 1 atom stereocenters. The molecule has 2 aliphatic heterocycles. The van der Waals surface area contributed by atoms with Gasteiger partial charge in [0.1, 0.15) is 0 Å². The van der Waals surface area contributed by atoms with Gasteiger partial charge < -0.3 is 9.80 Å². The molecule has 0 saturated carbocycles. The second-order valence-corrected chi connectivity index (χ2v) is 8.57. The highest BCUT2D eigenvalue weighted by Crippen LogP contribution is 2.24. The van der Waals surface area contributed by atoms with Crippen molar-refractivity contribution in [2.24, 2.45) is 5.92 Å². The fourth-order valence-corrected chi connectivity index (χ4v) is 4.63. The first-order valence-electron chi connectivity index (χ1n) is 11.4. The second kappa shape index (κ2) is 9.48. The van der Waals surface area contributed by atoms with Crippen LogP contribution in [-0.4, -0.2) is 75.0 Å². The molecule has 32 heavy (non-hydrogen) atoms. The minimum Gasteiger partial charge on any atom is -0.354 e. The second-order valence-electron chi connectivity index (χ2n) is 8.57. The number of aromatic nitrogens is 4. The Labute approximate surface area is 188 Å². The maximum atomic E-state index is 13.2. The van der Waals surface area contributed by atoms with Crippen molar-refractivity contribution in [2.75, 3.05) is 44.2 Å². The predicted molar refractivity (Wildman–Crippen MR) is 122 cm³/mol. The Morgan fingerprint density at radius 2 is 1.69 bits per heavy atom. The number of carbonyl (C=O) groups is 1. The molecule has 5 rings (SSSR count). The Hall–Kier alpha value is -3.26. The van der Waals surface area contributed by atoms with Crippen LogP contribution in [0.4, 0.5) is 5.82 Å². The molecule has 3 aromatic rings. The fourth-order valence-electron chi connectivity index (χ4n) is 4.63. The van der Waals surface area contributed by atoms with Crippen molar-refractivity contribution < 1.29 is 4.79 Å². The molecule has 1 unspecified atom stereocenters. The molecule has 166 valence electrons. The Morgan fingerprint density at radius 3 is 2.41 bits per heavy atom. The van der Waals surface area contributed by atoms with E-state index in [2.05, 4.69) is 54.3 Å². The lowest BCUT2D eigenvalue weighted by molar-refractivity contribution is -0.137. The first-order valence-corrected chi connectivity index (χ1v) is 11.4. The van der Waals surface area contributed by atoms with E-state index < -0.39 is 0 Å². The standard InChI is InChI=1S/C24H29N7O/c32-24(29-16-14-28(15-17-29)18-20-6-2-1-3-7-20)21-8-4-12-30(19-21)22-9-10-23(27-26-22)31-13-5-11-25-31/h1-3,5-7,9-11,13,21H,4,8,12,14-19H2. The quantitative estimate of drug-likeness (QED) is 0.617. The van der Waals surface area contributed by atoms with Gasteiger partial charge in [0.25, 0.3) is 0 Å². The van der Waals surface area contributed by atoms with Gasteiger partial charge in [0.05, 0.1) is 5.92 Å². The van der Waals surface area contributed by atoms with Crippen molar-refractivity contribution in [3.05, 3.63) is 66.5 Å². The van der Waals surface area contributed by atoms with Crippen LogP contribution in [0.1, 0.15) is 18.4 Å². The van der Waals surface area contributed by atoms with Crippen molar-refractivity contribution in [1.82, 2.24) is 29.8 Å². The molecule has 8 nitrogen and oxygen atoms in total. The summed E-state index contributed by atoms with van der Waals surface area (Å²) in [6.07, 6.45) is 5.50. The number of piperidine rings is 1. The first kappa shape index (κ1) is 20.6. The predicted octanol–water partition coefficient (Wildman–Crippen LogP) is 2.22. The van der Waals surface area contributed by atoms with E-state index in [9.17, 15) is 4.79 Å². The third-order valence-corrected chi connectivity index (χ3v) is 6.40. The number of nitrogens with zero attached hydrogens (tertiary/aromatic N) is 7. The van der Waals surface area contributed by atoms with Crippen LogP contribution in [0, 0.1) is 5.92 Å². The van der Waals surface area contributed by atoms with Crippen LogP contribution in [0.5, 0.6) is 0 Å². The van der Waals surface area contributed by atoms with E-state index in [1.165, 1.54) is 5.56 Å². The molecule has 1 aromatic carbocycles. The van der Waals surface area contributed by atoms with Gasteiger partial charge in [-0.1, -0.05) is 30.3 Å². The minimum absolute atomic E-state index is 0.0250. The molecule has 0 N–H and O–H groups in total. The zero-order valence-electron chi connectivity index (χ0n) is 18.3. The van der Waals surface area contributed by atoms with Crippen LogP contribution in [0.25, 0.3) is 5.82 Å². The number of carbonyl (C=O) groups excluding carboxylic acids is 1. The number of anilines is 1. The van der Waals surface area contributed by atoms with Gasteiger partial charge in [0.2, 0.25) is 5.91 Å². The van der Waals surface area contributed by atoms with Gasteiger partial charge in [-0.25, -0.2) is 4.68 Å². The van der Waals surface area contributed by atoms with Crippen molar-refractivity contribution >= 4 is 11.7 Å². The number of hydrogen-bond acceptors (Lipinski definition) is 6. The summed E-state index contributed by atoms with van der Waals surface area (Å²) >= 11 is 0. The molecule has 2 fully saturated rings. The summed E-state index contributed by atoms with van der Waals surface area (Å²) < 4.78 is 1.69. The van der Waals surface area contributed by atoms with E-state index in [0.29, 0.717) is 12.4 Å². The summed E-state index contributed by atoms with van der Waals surface area (Å²) in [5.74, 6) is 1.83. The van der Waals surface area contributed by atoms with Crippen molar-refractivity contribution in [3.8, 4) is 5.82 Å². The maximum Gasteiger partial charge on any atom is 0.227 e. The molecule has 0 spiro atoms. The normalized spacial score (nSPS) is 19.8. The van der Waals surface area contributed by atoms with Gasteiger partial charge >= 0.3 is 0 Å². The lowest BCUT2D eigenvalue weighted by Gasteiger charge is -2.39. The molecule has 2 aromatic heterocycles. The Morgan fingerprint density at radius 1 is 0.906 bits per heavy atom. The lowest BCUT2D eigenvalue weighted by atomic mass is 9.96. The highest BCUT2D eigenvalue weighted by molar-refractivity contribution is 5.80. The number of hydrogen-bond donors (Lipinski definition) is 0. The fraction of sp³-hybridized carbons (Fsp3) is 0.417. The summed E-state index contributed by atoms with van der Waals surface area (Å²) in [4.78, 5) is 19.9. The number of rotatable bonds is 5. The summed E-state index contributed by atoms with van der Waals surface area (Å²) in [6.45, 7) is 6.03. The van der Waals surface area contributed by atoms with E-state index in [4.69, 9.17) is 0 Å². The lowest BCUT2D eigenvalue weighted by Crippen LogP contribution is -2.52. The zero-order chi connectivity index (χ0) is 21.8. The Bertz CT molecular complexity index is 999. The molecular formula is C24H29N7O. The van der Waals surface area contributed by atoms with Crippen LogP contribution in [-0.2, 0) is 11.3 Å².